The van der Waals surface area contributed by atoms with Crippen molar-refractivity contribution >= 4 is 5.69 Å². The van der Waals surface area contributed by atoms with Crippen molar-refractivity contribution < 1.29 is 42.7 Å². The number of anilines is 1. The van der Waals surface area contributed by atoms with Gasteiger partial charge in [-0.3, -0.25) is 10.3 Å². The van der Waals surface area contributed by atoms with Gasteiger partial charge in [0.05, 0.1) is 105 Å². The maximum atomic E-state index is 5.44. The van der Waals surface area contributed by atoms with Gasteiger partial charge < -0.3 is 37.9 Å². The van der Waals surface area contributed by atoms with Gasteiger partial charge in [0, 0.05) is 13.2 Å². The van der Waals surface area contributed by atoms with E-state index in [2.05, 4.69) is 5.48 Å². The minimum absolute atomic E-state index is 0.424. The monoisotopic (exact) mass is 461 g/mol. The highest BCUT2D eigenvalue weighted by atomic mass is 16.7. The van der Waals surface area contributed by atoms with Gasteiger partial charge in [-0.05, 0) is 12.1 Å². The van der Waals surface area contributed by atoms with Crippen LogP contribution >= 0.6 is 0 Å². The van der Waals surface area contributed by atoms with Crippen molar-refractivity contribution in [3.05, 3.63) is 24.3 Å². The van der Waals surface area contributed by atoms with E-state index in [4.69, 9.17) is 42.7 Å². The van der Waals surface area contributed by atoms with Crippen molar-refractivity contribution in [2.45, 2.75) is 0 Å². The molecule has 0 fully saturated rings. The third-order valence-electron chi connectivity index (χ3n) is 3.88. The van der Waals surface area contributed by atoms with Crippen molar-refractivity contribution in [1.82, 2.24) is 0 Å². The molecule has 0 heterocycles. The summed E-state index contributed by atoms with van der Waals surface area (Å²) in [5, 5.41) is 0. The lowest BCUT2D eigenvalue weighted by Gasteiger charge is -2.09. The second-order valence-corrected chi connectivity index (χ2v) is 6.35. The molecule has 1 aromatic rings. The molecule has 1 aromatic carbocycles. The van der Waals surface area contributed by atoms with E-state index in [1.54, 1.807) is 14.2 Å². The van der Waals surface area contributed by atoms with Gasteiger partial charge in [0.15, 0.2) is 0 Å². The molecule has 0 aliphatic heterocycles. The lowest BCUT2D eigenvalue weighted by Crippen LogP contribution is -2.15. The summed E-state index contributed by atoms with van der Waals surface area (Å²) in [6, 6.07) is 7.50. The van der Waals surface area contributed by atoms with E-state index in [0.29, 0.717) is 92.5 Å². The first-order valence-electron chi connectivity index (χ1n) is 10.8. The molecule has 0 atom stereocenters. The Hall–Kier alpha value is -1.50. The summed E-state index contributed by atoms with van der Waals surface area (Å²) in [6.07, 6.45) is 0. The van der Waals surface area contributed by atoms with Crippen LogP contribution in [-0.4, -0.2) is 107 Å². The Kier molecular flexibility index (Phi) is 20.2. The number of hydrogen-bond donors (Lipinski definition) is 1. The summed E-state index contributed by atoms with van der Waals surface area (Å²) in [5.41, 5.74) is 3.67. The van der Waals surface area contributed by atoms with Crippen LogP contribution in [0.3, 0.4) is 0 Å². The van der Waals surface area contributed by atoms with E-state index in [-0.39, 0.29) is 0 Å². The molecular weight excluding hydrogens is 422 g/mol. The summed E-state index contributed by atoms with van der Waals surface area (Å²) in [6.45, 7) is 7.38. The van der Waals surface area contributed by atoms with Gasteiger partial charge in [0.2, 0.25) is 0 Å². The van der Waals surface area contributed by atoms with Gasteiger partial charge >= 0.3 is 0 Å². The second kappa shape index (κ2) is 22.7. The van der Waals surface area contributed by atoms with E-state index in [0.717, 1.165) is 11.4 Å². The highest BCUT2D eigenvalue weighted by Gasteiger charge is 1.96. The predicted octanol–water partition coefficient (Wildman–Crippen LogP) is 1.78. The number of nitrogens with one attached hydrogen (secondary N) is 1. The normalized spacial score (nSPS) is 11.1. The van der Waals surface area contributed by atoms with E-state index < -0.39 is 0 Å². The Labute approximate surface area is 191 Å². The predicted molar refractivity (Wildman–Crippen MR) is 119 cm³/mol. The molecule has 32 heavy (non-hydrogen) atoms. The highest BCUT2D eigenvalue weighted by molar-refractivity contribution is 5.46. The van der Waals surface area contributed by atoms with E-state index in [1.165, 1.54) is 0 Å². The molecule has 1 rings (SSSR count). The molecule has 0 aliphatic rings. The summed E-state index contributed by atoms with van der Waals surface area (Å²) in [5.74, 6) is 0.768. The molecule has 0 saturated heterocycles. The Morgan fingerprint density at radius 2 is 1.00 bits per heavy atom. The molecule has 186 valence electrons. The van der Waals surface area contributed by atoms with Crippen LogP contribution < -0.4 is 10.2 Å². The van der Waals surface area contributed by atoms with Crippen LogP contribution in [0.15, 0.2) is 24.3 Å². The molecule has 0 unspecified atom stereocenters. The third kappa shape index (κ3) is 18.1. The topological polar surface area (TPSA) is 95.1 Å². The smallest absolute Gasteiger partial charge is 0.121 e. The van der Waals surface area contributed by atoms with Gasteiger partial charge in [0.25, 0.3) is 0 Å². The van der Waals surface area contributed by atoms with E-state index >= 15 is 0 Å². The Bertz CT molecular complexity index is 522. The standard InChI is InChI=1S/C22H39NO9/c1-24-6-7-26-8-9-27-10-11-28-12-13-29-14-15-30-16-17-31-18-19-32-23-21-4-3-5-22(20-21)25-2/h3-5,20,23H,6-19H2,1-2H3. The number of benzene rings is 1. The molecule has 1 N–H and O–H groups in total. The van der Waals surface area contributed by atoms with E-state index in [9.17, 15) is 0 Å². The summed E-state index contributed by atoms with van der Waals surface area (Å²) in [7, 11) is 3.27. The molecule has 0 amide bonds. The maximum absolute atomic E-state index is 5.44. The van der Waals surface area contributed by atoms with Gasteiger partial charge in [-0.1, -0.05) is 6.07 Å². The van der Waals surface area contributed by atoms with Crippen LogP contribution in [0.4, 0.5) is 5.69 Å². The van der Waals surface area contributed by atoms with Crippen LogP contribution in [0.5, 0.6) is 5.75 Å². The van der Waals surface area contributed by atoms with Gasteiger partial charge in [-0.25, -0.2) is 0 Å². The number of rotatable bonds is 24. The maximum Gasteiger partial charge on any atom is 0.121 e. The zero-order valence-electron chi connectivity index (χ0n) is 19.4. The molecule has 0 bridgehead atoms. The van der Waals surface area contributed by atoms with Crippen molar-refractivity contribution in [3.8, 4) is 5.75 Å². The fourth-order valence-corrected chi connectivity index (χ4v) is 2.27. The lowest BCUT2D eigenvalue weighted by atomic mass is 10.3. The Balaban J connectivity index is 1.71. The average Bonchev–Trinajstić information content (AvgIpc) is 2.82. The Morgan fingerprint density at radius 1 is 0.562 bits per heavy atom. The zero-order chi connectivity index (χ0) is 23.0. The first kappa shape index (κ1) is 28.5. The summed E-state index contributed by atoms with van der Waals surface area (Å²) >= 11 is 0. The van der Waals surface area contributed by atoms with Gasteiger partial charge in [-0.15, -0.1) is 0 Å². The minimum Gasteiger partial charge on any atom is -0.497 e. The van der Waals surface area contributed by atoms with Gasteiger partial charge in [0.1, 0.15) is 5.75 Å². The fraction of sp³-hybridized carbons (Fsp3) is 0.727. The molecule has 0 aliphatic carbocycles. The molecule has 10 nitrogen and oxygen atoms in total. The first-order chi connectivity index (χ1) is 15.9. The van der Waals surface area contributed by atoms with Crippen molar-refractivity contribution in [2.24, 2.45) is 0 Å². The van der Waals surface area contributed by atoms with Crippen LogP contribution in [0.25, 0.3) is 0 Å². The Morgan fingerprint density at radius 3 is 1.44 bits per heavy atom. The lowest BCUT2D eigenvalue weighted by molar-refractivity contribution is -0.0210. The van der Waals surface area contributed by atoms with Crippen molar-refractivity contribution in [1.29, 1.82) is 0 Å². The largest absolute Gasteiger partial charge is 0.497 e. The van der Waals surface area contributed by atoms with Crippen LogP contribution in [0.2, 0.25) is 0 Å². The molecule has 0 aromatic heterocycles. The molecule has 0 saturated carbocycles. The van der Waals surface area contributed by atoms with Crippen molar-refractivity contribution in [2.75, 3.05) is 112 Å². The number of methoxy groups -OCH3 is 2. The first-order valence-corrected chi connectivity index (χ1v) is 10.8. The SMILES string of the molecule is COCCOCCOCCOCCOCCOCCOCCONc1cccc(OC)c1. The van der Waals surface area contributed by atoms with Crippen molar-refractivity contribution in [3.63, 3.8) is 0 Å². The van der Waals surface area contributed by atoms with Crippen LogP contribution in [0.1, 0.15) is 0 Å². The molecular formula is C22H39NO9. The molecule has 0 spiro atoms. The molecule has 10 heteroatoms. The number of ether oxygens (including phenoxy) is 8. The fourth-order valence-electron chi connectivity index (χ4n) is 2.27. The quantitative estimate of drug-likeness (QED) is 0.181. The zero-order valence-corrected chi connectivity index (χ0v) is 19.4. The third-order valence-corrected chi connectivity index (χ3v) is 3.88. The minimum atomic E-state index is 0.424. The van der Waals surface area contributed by atoms with Crippen LogP contribution in [0, 0.1) is 0 Å². The summed E-state index contributed by atoms with van der Waals surface area (Å²) in [4.78, 5) is 5.34. The number of hydrogen-bond acceptors (Lipinski definition) is 10. The van der Waals surface area contributed by atoms with Crippen LogP contribution in [-0.2, 0) is 38.0 Å². The average molecular weight is 462 g/mol. The van der Waals surface area contributed by atoms with Gasteiger partial charge in [-0.2, -0.15) is 0 Å². The second-order valence-electron chi connectivity index (χ2n) is 6.35. The van der Waals surface area contributed by atoms with E-state index in [1.807, 2.05) is 24.3 Å². The highest BCUT2D eigenvalue weighted by Crippen LogP contribution is 2.16. The molecule has 0 radical (unpaired) electrons. The summed E-state index contributed by atoms with van der Waals surface area (Å²) < 4.78 is 42.4.